The standard InChI is InChI=1S/C16H15ClF3N3O5/c1-15(2)13(26)23(14(27)22-15)6-12(25)28-7-11(24)21-8-3-4-10(17)9(5-8)16(18,19)20/h3-5H,6-7H2,1-2H3,(H,21,24)(H,22,27). The van der Waals surface area contributed by atoms with E-state index >= 15 is 0 Å². The molecule has 8 nitrogen and oxygen atoms in total. The Morgan fingerprint density at radius 3 is 2.46 bits per heavy atom. The van der Waals surface area contributed by atoms with Gasteiger partial charge < -0.3 is 15.4 Å². The van der Waals surface area contributed by atoms with Crippen LogP contribution in [0.2, 0.25) is 5.02 Å². The zero-order chi connectivity index (χ0) is 21.3. The van der Waals surface area contributed by atoms with Crippen LogP contribution in [-0.2, 0) is 25.3 Å². The van der Waals surface area contributed by atoms with Crippen LogP contribution in [0.3, 0.4) is 0 Å². The fourth-order valence-corrected chi connectivity index (χ4v) is 2.52. The molecule has 0 bridgehead atoms. The molecule has 0 radical (unpaired) electrons. The lowest BCUT2D eigenvalue weighted by Gasteiger charge is -2.15. The maximum absolute atomic E-state index is 12.8. The highest BCUT2D eigenvalue weighted by Crippen LogP contribution is 2.36. The monoisotopic (exact) mass is 421 g/mol. The molecular weight excluding hydrogens is 407 g/mol. The molecule has 0 spiro atoms. The van der Waals surface area contributed by atoms with Gasteiger partial charge in [0.15, 0.2) is 6.61 Å². The number of hydrogen-bond donors (Lipinski definition) is 2. The van der Waals surface area contributed by atoms with Crippen molar-refractivity contribution in [1.29, 1.82) is 0 Å². The topological polar surface area (TPSA) is 105 Å². The van der Waals surface area contributed by atoms with Gasteiger partial charge in [-0.1, -0.05) is 11.6 Å². The molecular formula is C16H15ClF3N3O5. The predicted octanol–water partition coefficient (Wildman–Crippen LogP) is 2.17. The van der Waals surface area contributed by atoms with E-state index in [1.54, 1.807) is 0 Å². The van der Waals surface area contributed by atoms with Crippen molar-refractivity contribution < 1.29 is 37.1 Å². The summed E-state index contributed by atoms with van der Waals surface area (Å²) in [5.41, 5.74) is -2.50. The van der Waals surface area contributed by atoms with Crippen LogP contribution in [0.15, 0.2) is 18.2 Å². The predicted molar refractivity (Wildman–Crippen MR) is 90.4 cm³/mol. The number of carbonyl (C=O) groups is 4. The van der Waals surface area contributed by atoms with Crippen LogP contribution in [-0.4, -0.2) is 47.4 Å². The highest BCUT2D eigenvalue weighted by Gasteiger charge is 2.45. The van der Waals surface area contributed by atoms with Crippen LogP contribution < -0.4 is 10.6 Å². The number of urea groups is 1. The fourth-order valence-electron chi connectivity index (χ4n) is 2.30. The molecule has 28 heavy (non-hydrogen) atoms. The number of halogens is 4. The van der Waals surface area contributed by atoms with Crippen LogP contribution in [0.1, 0.15) is 19.4 Å². The quantitative estimate of drug-likeness (QED) is 0.560. The SMILES string of the molecule is CC1(C)NC(=O)N(CC(=O)OCC(=O)Nc2ccc(Cl)c(C(F)(F)F)c2)C1=O. The maximum Gasteiger partial charge on any atom is 0.417 e. The van der Waals surface area contributed by atoms with Gasteiger partial charge in [0.1, 0.15) is 12.1 Å². The number of hydrogen-bond acceptors (Lipinski definition) is 5. The second-order valence-electron chi connectivity index (χ2n) is 6.35. The molecule has 1 aliphatic heterocycles. The number of nitrogens with zero attached hydrogens (tertiary/aromatic N) is 1. The van der Waals surface area contributed by atoms with Crippen molar-refractivity contribution in [2.24, 2.45) is 0 Å². The normalized spacial score (nSPS) is 16.0. The lowest BCUT2D eigenvalue weighted by molar-refractivity contribution is -0.150. The first-order chi connectivity index (χ1) is 12.8. The highest BCUT2D eigenvalue weighted by atomic mass is 35.5. The molecule has 0 aliphatic carbocycles. The van der Waals surface area contributed by atoms with Crippen molar-refractivity contribution in [2.75, 3.05) is 18.5 Å². The first kappa shape index (κ1) is 21.5. The minimum atomic E-state index is -4.71. The molecule has 0 atom stereocenters. The van der Waals surface area contributed by atoms with Crippen molar-refractivity contribution in [3.8, 4) is 0 Å². The molecule has 0 unspecified atom stereocenters. The van der Waals surface area contributed by atoms with Gasteiger partial charge in [0.2, 0.25) is 0 Å². The van der Waals surface area contributed by atoms with E-state index in [-0.39, 0.29) is 5.69 Å². The third kappa shape index (κ3) is 4.91. The Kier molecular flexibility index (Phi) is 5.88. The molecule has 0 saturated carbocycles. The zero-order valence-corrected chi connectivity index (χ0v) is 15.4. The van der Waals surface area contributed by atoms with Gasteiger partial charge >= 0.3 is 18.2 Å². The van der Waals surface area contributed by atoms with Crippen molar-refractivity contribution >= 4 is 41.1 Å². The summed E-state index contributed by atoms with van der Waals surface area (Å²) in [4.78, 5) is 47.8. The molecule has 1 aromatic rings. The first-order valence-corrected chi connectivity index (χ1v) is 8.15. The Balaban J connectivity index is 1.90. The Bertz CT molecular complexity index is 841. The number of amides is 4. The Labute approximate surface area is 161 Å². The second kappa shape index (κ2) is 7.66. The number of nitrogens with one attached hydrogen (secondary N) is 2. The largest absolute Gasteiger partial charge is 0.454 e. The lowest BCUT2D eigenvalue weighted by Crippen LogP contribution is -2.41. The van der Waals surface area contributed by atoms with Crippen LogP contribution >= 0.6 is 11.6 Å². The van der Waals surface area contributed by atoms with E-state index in [1.165, 1.54) is 13.8 Å². The van der Waals surface area contributed by atoms with Crippen LogP contribution in [0.4, 0.5) is 23.7 Å². The number of anilines is 1. The van der Waals surface area contributed by atoms with Gasteiger partial charge in [-0.3, -0.25) is 19.3 Å². The molecule has 1 saturated heterocycles. The average molecular weight is 422 g/mol. The third-order valence-corrected chi connectivity index (χ3v) is 3.98. The summed E-state index contributed by atoms with van der Waals surface area (Å²) in [5, 5.41) is 3.96. The summed E-state index contributed by atoms with van der Waals surface area (Å²) in [6, 6.07) is 1.97. The van der Waals surface area contributed by atoms with Crippen molar-refractivity contribution in [3.63, 3.8) is 0 Å². The Morgan fingerprint density at radius 2 is 1.93 bits per heavy atom. The van der Waals surface area contributed by atoms with Gasteiger partial charge in [-0.05, 0) is 32.0 Å². The van der Waals surface area contributed by atoms with Crippen LogP contribution in [0.5, 0.6) is 0 Å². The summed E-state index contributed by atoms with van der Waals surface area (Å²) < 4.78 is 43.1. The number of ether oxygens (including phenoxy) is 1. The van der Waals surface area contributed by atoms with E-state index in [0.29, 0.717) is 11.0 Å². The minimum absolute atomic E-state index is 0.200. The van der Waals surface area contributed by atoms with E-state index in [9.17, 15) is 32.3 Å². The lowest BCUT2D eigenvalue weighted by atomic mass is 10.1. The molecule has 0 aromatic heterocycles. The van der Waals surface area contributed by atoms with Crippen molar-refractivity contribution in [3.05, 3.63) is 28.8 Å². The summed E-state index contributed by atoms with van der Waals surface area (Å²) in [6.45, 7) is 1.37. The molecule has 1 heterocycles. The number of alkyl halides is 3. The van der Waals surface area contributed by atoms with Gasteiger partial charge in [-0.15, -0.1) is 0 Å². The smallest absolute Gasteiger partial charge is 0.417 e. The van der Waals surface area contributed by atoms with E-state index in [0.717, 1.165) is 12.1 Å². The summed E-state index contributed by atoms with van der Waals surface area (Å²) in [5.74, 6) is -2.59. The fraction of sp³-hybridized carbons (Fsp3) is 0.375. The maximum atomic E-state index is 12.8. The van der Waals surface area contributed by atoms with Gasteiger partial charge in [-0.25, -0.2) is 4.79 Å². The molecule has 1 aromatic carbocycles. The molecule has 4 amide bonds. The second-order valence-corrected chi connectivity index (χ2v) is 6.75. The van der Waals surface area contributed by atoms with E-state index in [1.807, 2.05) is 0 Å². The Hall–Kier alpha value is -2.82. The van der Waals surface area contributed by atoms with Crippen molar-refractivity contribution in [1.82, 2.24) is 10.2 Å². The average Bonchev–Trinajstić information content (AvgIpc) is 2.75. The molecule has 2 N–H and O–H groups in total. The highest BCUT2D eigenvalue weighted by molar-refractivity contribution is 6.31. The van der Waals surface area contributed by atoms with Gasteiger partial charge in [0.25, 0.3) is 11.8 Å². The zero-order valence-electron chi connectivity index (χ0n) is 14.6. The van der Waals surface area contributed by atoms with Crippen LogP contribution in [0.25, 0.3) is 0 Å². The van der Waals surface area contributed by atoms with Gasteiger partial charge in [0, 0.05) is 5.69 Å². The van der Waals surface area contributed by atoms with E-state index in [2.05, 4.69) is 15.4 Å². The number of imide groups is 1. The number of benzene rings is 1. The summed E-state index contributed by atoms with van der Waals surface area (Å²) >= 11 is 5.48. The third-order valence-electron chi connectivity index (χ3n) is 3.65. The van der Waals surface area contributed by atoms with E-state index in [4.69, 9.17) is 11.6 Å². The number of carbonyl (C=O) groups excluding carboxylic acids is 4. The molecule has 12 heteroatoms. The van der Waals surface area contributed by atoms with Crippen molar-refractivity contribution in [2.45, 2.75) is 25.6 Å². The summed E-state index contributed by atoms with van der Waals surface area (Å²) in [7, 11) is 0. The minimum Gasteiger partial charge on any atom is -0.454 e. The summed E-state index contributed by atoms with van der Waals surface area (Å²) in [6.07, 6.45) is -4.71. The number of rotatable bonds is 5. The molecule has 2 rings (SSSR count). The van der Waals surface area contributed by atoms with E-state index < -0.39 is 59.3 Å². The number of esters is 1. The molecule has 1 aliphatic rings. The Morgan fingerprint density at radius 1 is 1.29 bits per heavy atom. The molecule has 1 fully saturated rings. The first-order valence-electron chi connectivity index (χ1n) is 7.77. The molecule has 152 valence electrons. The van der Waals surface area contributed by atoms with Crippen LogP contribution in [0, 0.1) is 0 Å². The van der Waals surface area contributed by atoms with Gasteiger partial charge in [-0.2, -0.15) is 13.2 Å². The van der Waals surface area contributed by atoms with Gasteiger partial charge in [0.05, 0.1) is 10.6 Å².